The molecule has 2 unspecified atom stereocenters. The Kier molecular flexibility index (Phi) is 7.86. The molecule has 2 saturated heterocycles. The van der Waals surface area contributed by atoms with Crippen molar-refractivity contribution in [3.05, 3.63) is 23.4 Å². The third-order valence-corrected chi connectivity index (χ3v) is 7.61. The average Bonchev–Trinajstić information content (AvgIpc) is 3.28. The molecule has 0 aliphatic carbocycles. The molecule has 1 aromatic heterocycles. The van der Waals surface area contributed by atoms with Crippen LogP contribution in [0.5, 0.6) is 0 Å². The SMILES string of the molecule is CC1(C(=O)NC(CCN2CCC(CCc3ccc4c(n3)NCCC4)C2)C(=O)O)CCOCC1. The van der Waals surface area contributed by atoms with Crippen molar-refractivity contribution >= 4 is 17.7 Å². The van der Waals surface area contributed by atoms with Crippen LogP contribution in [0.1, 0.15) is 56.7 Å². The fourth-order valence-electron chi connectivity index (χ4n) is 5.16. The maximum Gasteiger partial charge on any atom is 0.326 e. The second-order valence-corrected chi connectivity index (χ2v) is 10.2. The number of amides is 1. The summed E-state index contributed by atoms with van der Waals surface area (Å²) in [6.45, 7) is 6.67. The van der Waals surface area contributed by atoms with E-state index in [0.717, 1.165) is 56.8 Å². The predicted octanol–water partition coefficient (Wildman–Crippen LogP) is 2.47. The molecule has 3 N–H and O–H groups in total. The first-order valence-electron chi connectivity index (χ1n) is 12.5. The van der Waals surface area contributed by atoms with E-state index in [0.29, 0.717) is 44.9 Å². The number of carboxylic acids is 1. The highest BCUT2D eigenvalue weighted by atomic mass is 16.5. The number of pyridine rings is 1. The number of hydrogen-bond acceptors (Lipinski definition) is 6. The minimum atomic E-state index is -0.957. The van der Waals surface area contributed by atoms with E-state index in [-0.39, 0.29) is 5.91 Å². The highest BCUT2D eigenvalue weighted by molar-refractivity contribution is 5.87. The zero-order valence-electron chi connectivity index (χ0n) is 19.8. The van der Waals surface area contributed by atoms with Crippen LogP contribution in [-0.2, 0) is 27.2 Å². The monoisotopic (exact) mass is 458 g/mol. The number of nitrogens with zero attached hydrogens (tertiary/aromatic N) is 2. The van der Waals surface area contributed by atoms with Crippen molar-refractivity contribution in [1.82, 2.24) is 15.2 Å². The van der Waals surface area contributed by atoms with Crippen molar-refractivity contribution in [2.45, 2.75) is 64.3 Å². The van der Waals surface area contributed by atoms with Crippen LogP contribution >= 0.6 is 0 Å². The number of aryl methyl sites for hydroxylation is 2. The lowest BCUT2D eigenvalue weighted by Crippen LogP contribution is -2.50. The quantitative estimate of drug-likeness (QED) is 0.522. The molecule has 8 nitrogen and oxygen atoms in total. The van der Waals surface area contributed by atoms with Gasteiger partial charge in [-0.25, -0.2) is 9.78 Å². The molecular weight excluding hydrogens is 420 g/mol. The molecule has 8 heteroatoms. The number of nitrogens with one attached hydrogen (secondary N) is 2. The number of rotatable bonds is 9. The standard InChI is InChI=1S/C25H38N4O4/c1-25(10-15-33-16-11-25)24(32)28-21(23(30)31)9-14-29-13-8-18(17-29)4-6-20-7-5-19-3-2-12-26-22(19)27-20/h5,7,18,21H,2-4,6,8-17H2,1H3,(H,26,27)(H,28,32)(H,30,31). The smallest absolute Gasteiger partial charge is 0.326 e. The topological polar surface area (TPSA) is 104 Å². The summed E-state index contributed by atoms with van der Waals surface area (Å²) < 4.78 is 5.36. The van der Waals surface area contributed by atoms with Gasteiger partial charge in [-0.15, -0.1) is 0 Å². The van der Waals surface area contributed by atoms with E-state index < -0.39 is 17.4 Å². The number of anilines is 1. The van der Waals surface area contributed by atoms with Gasteiger partial charge in [0.15, 0.2) is 0 Å². The van der Waals surface area contributed by atoms with Crippen molar-refractivity contribution in [1.29, 1.82) is 0 Å². The van der Waals surface area contributed by atoms with Crippen LogP contribution < -0.4 is 10.6 Å². The highest BCUT2D eigenvalue weighted by Crippen LogP contribution is 2.30. The highest BCUT2D eigenvalue weighted by Gasteiger charge is 2.37. The Morgan fingerprint density at radius 3 is 2.97 bits per heavy atom. The van der Waals surface area contributed by atoms with Crippen LogP contribution in [0.4, 0.5) is 5.82 Å². The molecule has 4 heterocycles. The van der Waals surface area contributed by atoms with Gasteiger partial charge in [0.25, 0.3) is 0 Å². The van der Waals surface area contributed by atoms with Gasteiger partial charge >= 0.3 is 5.97 Å². The van der Waals surface area contributed by atoms with Crippen molar-refractivity contribution in [2.75, 3.05) is 44.7 Å². The molecule has 3 aliphatic rings. The lowest BCUT2D eigenvalue weighted by molar-refractivity contribution is -0.145. The Morgan fingerprint density at radius 1 is 1.36 bits per heavy atom. The molecule has 1 aromatic rings. The molecule has 0 spiro atoms. The lowest BCUT2D eigenvalue weighted by atomic mass is 9.81. The largest absolute Gasteiger partial charge is 0.480 e. The first-order valence-corrected chi connectivity index (χ1v) is 12.5. The van der Waals surface area contributed by atoms with Gasteiger partial charge in [-0.1, -0.05) is 13.0 Å². The summed E-state index contributed by atoms with van der Waals surface area (Å²) in [6.07, 6.45) is 7.18. The minimum absolute atomic E-state index is 0.162. The molecule has 3 aliphatic heterocycles. The van der Waals surface area contributed by atoms with Crippen LogP contribution in [0.15, 0.2) is 12.1 Å². The number of hydrogen-bond donors (Lipinski definition) is 3. The van der Waals surface area contributed by atoms with E-state index in [4.69, 9.17) is 9.72 Å². The third-order valence-electron chi connectivity index (χ3n) is 7.61. The van der Waals surface area contributed by atoms with Crippen LogP contribution in [0.25, 0.3) is 0 Å². The van der Waals surface area contributed by atoms with Crippen molar-refractivity contribution in [3.8, 4) is 0 Å². The van der Waals surface area contributed by atoms with E-state index in [9.17, 15) is 14.7 Å². The maximum atomic E-state index is 12.7. The molecule has 0 aromatic carbocycles. The normalized spacial score (nSPS) is 23.4. The first-order chi connectivity index (χ1) is 15.9. The summed E-state index contributed by atoms with van der Waals surface area (Å²) in [5.74, 6) is 0.546. The van der Waals surface area contributed by atoms with Gasteiger partial charge in [0.2, 0.25) is 5.91 Å². The number of likely N-dealkylation sites (tertiary alicyclic amines) is 1. The number of carbonyl (C=O) groups excluding carboxylic acids is 1. The van der Waals surface area contributed by atoms with Crippen molar-refractivity contribution < 1.29 is 19.4 Å². The van der Waals surface area contributed by atoms with Gasteiger partial charge in [0.1, 0.15) is 11.9 Å². The van der Waals surface area contributed by atoms with Gasteiger partial charge in [0, 0.05) is 38.5 Å². The van der Waals surface area contributed by atoms with Gasteiger partial charge in [-0.2, -0.15) is 0 Å². The number of carbonyl (C=O) groups is 2. The fraction of sp³-hybridized carbons (Fsp3) is 0.720. The second-order valence-electron chi connectivity index (χ2n) is 10.2. The number of carboxylic acid groups (broad SMARTS) is 1. The zero-order valence-corrected chi connectivity index (χ0v) is 19.8. The molecular formula is C25H38N4O4. The number of aromatic nitrogens is 1. The van der Waals surface area contributed by atoms with Crippen molar-refractivity contribution in [3.63, 3.8) is 0 Å². The van der Waals surface area contributed by atoms with Crippen LogP contribution in [0.2, 0.25) is 0 Å². The Labute approximate surface area is 196 Å². The van der Waals surface area contributed by atoms with Crippen molar-refractivity contribution in [2.24, 2.45) is 11.3 Å². The number of aliphatic carboxylic acids is 1. The van der Waals surface area contributed by atoms with E-state index in [2.05, 4.69) is 27.7 Å². The zero-order chi connectivity index (χ0) is 23.3. The molecule has 4 rings (SSSR count). The molecule has 0 saturated carbocycles. The minimum Gasteiger partial charge on any atom is -0.480 e. The Morgan fingerprint density at radius 2 is 2.18 bits per heavy atom. The van der Waals surface area contributed by atoms with Crippen LogP contribution in [-0.4, -0.2) is 72.3 Å². The molecule has 2 fully saturated rings. The summed E-state index contributed by atoms with van der Waals surface area (Å²) in [5, 5.41) is 15.9. The number of ether oxygens (including phenoxy) is 1. The van der Waals surface area contributed by atoms with Gasteiger partial charge in [-0.05, 0) is 75.5 Å². The Hall–Kier alpha value is -2.19. The fourth-order valence-corrected chi connectivity index (χ4v) is 5.16. The lowest BCUT2D eigenvalue weighted by Gasteiger charge is -2.33. The molecule has 1 amide bonds. The molecule has 0 radical (unpaired) electrons. The third kappa shape index (κ3) is 6.23. The van der Waals surface area contributed by atoms with E-state index in [1.807, 2.05) is 6.92 Å². The summed E-state index contributed by atoms with van der Waals surface area (Å²) in [5.41, 5.74) is 1.94. The Bertz CT molecular complexity index is 840. The predicted molar refractivity (Wildman–Crippen MR) is 126 cm³/mol. The molecule has 0 bridgehead atoms. The van der Waals surface area contributed by atoms with E-state index >= 15 is 0 Å². The second kappa shape index (κ2) is 10.8. The summed E-state index contributed by atoms with van der Waals surface area (Å²) in [4.78, 5) is 31.7. The van der Waals surface area contributed by atoms with E-state index in [1.165, 1.54) is 12.0 Å². The van der Waals surface area contributed by atoms with E-state index in [1.54, 1.807) is 0 Å². The Balaban J connectivity index is 1.21. The van der Waals surface area contributed by atoms with Gasteiger partial charge in [0.05, 0.1) is 5.41 Å². The average molecular weight is 459 g/mol. The maximum absolute atomic E-state index is 12.7. The van der Waals surface area contributed by atoms with Crippen LogP contribution in [0.3, 0.4) is 0 Å². The molecule has 33 heavy (non-hydrogen) atoms. The first kappa shape index (κ1) is 24.0. The molecule has 182 valence electrons. The number of fused-ring (bicyclic) bond motifs is 1. The molecule has 2 atom stereocenters. The van der Waals surface area contributed by atoms with Crippen LogP contribution in [0, 0.1) is 11.3 Å². The summed E-state index contributed by atoms with van der Waals surface area (Å²) >= 11 is 0. The summed E-state index contributed by atoms with van der Waals surface area (Å²) in [7, 11) is 0. The van der Waals surface area contributed by atoms with Gasteiger partial charge in [-0.3, -0.25) is 4.79 Å². The summed E-state index contributed by atoms with van der Waals surface area (Å²) in [6, 6.07) is 3.53. The van der Waals surface area contributed by atoms with Gasteiger partial charge < -0.3 is 25.4 Å².